The summed E-state index contributed by atoms with van der Waals surface area (Å²) < 4.78 is 27.3. The van der Waals surface area contributed by atoms with E-state index in [1.165, 1.54) is 46.6 Å². The fraction of sp³-hybridized carbons (Fsp3) is 0.241. The summed E-state index contributed by atoms with van der Waals surface area (Å²) in [7, 11) is 0. The average Bonchev–Trinajstić information content (AvgIpc) is 3.53. The van der Waals surface area contributed by atoms with Crippen molar-refractivity contribution >= 4 is 69.2 Å². The van der Waals surface area contributed by atoms with E-state index in [0.29, 0.717) is 28.1 Å². The van der Waals surface area contributed by atoms with Gasteiger partial charge in [0, 0.05) is 10.6 Å². The van der Waals surface area contributed by atoms with Crippen molar-refractivity contribution in [2.45, 2.75) is 25.3 Å². The van der Waals surface area contributed by atoms with E-state index < -0.39 is 29.6 Å². The van der Waals surface area contributed by atoms with Crippen molar-refractivity contribution in [3.05, 3.63) is 80.9 Å². The number of rotatable bonds is 8. The Morgan fingerprint density at radius 1 is 1.10 bits per heavy atom. The van der Waals surface area contributed by atoms with Gasteiger partial charge in [-0.15, -0.1) is 11.3 Å². The molecule has 2 amide bonds. The smallest absolute Gasteiger partial charge is 0.335 e. The van der Waals surface area contributed by atoms with E-state index >= 15 is 0 Å². The van der Waals surface area contributed by atoms with Gasteiger partial charge in [0.2, 0.25) is 5.91 Å². The molecule has 1 unspecified atom stereocenters. The highest BCUT2D eigenvalue weighted by atomic mass is 32.2. The molecule has 2 fully saturated rings. The maximum atomic E-state index is 13.7. The molecule has 5 rings (SSSR count). The van der Waals surface area contributed by atoms with Gasteiger partial charge in [-0.25, -0.2) is 13.6 Å². The van der Waals surface area contributed by atoms with Crippen molar-refractivity contribution in [2.24, 2.45) is 5.92 Å². The number of amides is 2. The Bertz CT molecular complexity index is 1530. The molecule has 2 aromatic carbocycles. The summed E-state index contributed by atoms with van der Waals surface area (Å²) in [5, 5.41) is 17.1. The van der Waals surface area contributed by atoms with Crippen molar-refractivity contribution in [3.63, 3.8) is 0 Å². The predicted molar refractivity (Wildman–Crippen MR) is 161 cm³/mol. The minimum Gasteiger partial charge on any atom is -0.478 e. The van der Waals surface area contributed by atoms with Gasteiger partial charge in [0.15, 0.2) is 11.6 Å². The van der Waals surface area contributed by atoms with Crippen LogP contribution in [-0.2, 0) is 9.59 Å². The molecule has 41 heavy (non-hydrogen) atoms. The maximum absolute atomic E-state index is 13.7. The molecule has 7 nitrogen and oxygen atoms in total. The standard InChI is InChI=1S/C29H25F2N3O4S3/c30-22-6-3-18(13-23(22)31)19-12-21(40-15-19)14-25-27(36)34(29(39)41-25)24(11-16-7-9-32-10-8-16)26(35)33-20-4-1-17(2-5-20)28(37)38/h1-6,12-16,24,32H,7-11H2,(H,33,35)(H,37,38). The Labute approximate surface area is 248 Å². The molecule has 1 atom stereocenters. The first-order chi connectivity index (χ1) is 19.7. The number of thiophene rings is 1. The number of carbonyl (C=O) groups excluding carboxylic acids is 2. The van der Waals surface area contributed by atoms with Gasteiger partial charge in [-0.3, -0.25) is 14.5 Å². The lowest BCUT2D eigenvalue weighted by atomic mass is 9.90. The SMILES string of the molecule is O=C(O)c1ccc(NC(=O)C(CC2CCNCC2)N2C(=O)C(=Cc3cc(-c4ccc(F)c(F)c4)cs3)SC2=S)cc1. The first-order valence-corrected chi connectivity index (χ1v) is 15.0. The number of hydrogen-bond donors (Lipinski definition) is 3. The number of piperidine rings is 1. The normalized spacial score (nSPS) is 17.7. The highest BCUT2D eigenvalue weighted by Gasteiger charge is 2.41. The number of carbonyl (C=O) groups is 3. The molecular weight excluding hydrogens is 589 g/mol. The van der Waals surface area contributed by atoms with Crippen molar-refractivity contribution in [1.82, 2.24) is 10.2 Å². The Kier molecular flexibility index (Phi) is 8.93. The second-order valence-electron chi connectivity index (χ2n) is 9.73. The molecular formula is C29H25F2N3O4S3. The summed E-state index contributed by atoms with van der Waals surface area (Å²) >= 11 is 8.05. The van der Waals surface area contributed by atoms with E-state index in [2.05, 4.69) is 10.6 Å². The molecule has 2 aliphatic heterocycles. The average molecular weight is 614 g/mol. The number of nitrogens with zero attached hydrogens (tertiary/aromatic N) is 1. The fourth-order valence-electron chi connectivity index (χ4n) is 4.82. The van der Waals surface area contributed by atoms with Crippen LogP contribution in [0.4, 0.5) is 14.5 Å². The van der Waals surface area contributed by atoms with E-state index in [1.54, 1.807) is 17.5 Å². The van der Waals surface area contributed by atoms with Gasteiger partial charge in [-0.05, 0) is 103 Å². The van der Waals surface area contributed by atoms with E-state index in [4.69, 9.17) is 17.3 Å². The van der Waals surface area contributed by atoms with Gasteiger partial charge in [0.05, 0.1) is 10.5 Å². The number of nitrogens with one attached hydrogen (secondary N) is 2. The van der Waals surface area contributed by atoms with Crippen LogP contribution in [0.5, 0.6) is 0 Å². The van der Waals surface area contributed by atoms with E-state index in [-0.39, 0.29) is 21.7 Å². The number of halogens is 2. The van der Waals surface area contributed by atoms with Crippen LogP contribution in [0.25, 0.3) is 17.2 Å². The largest absolute Gasteiger partial charge is 0.478 e. The lowest BCUT2D eigenvalue weighted by Crippen LogP contribution is -2.48. The second-order valence-corrected chi connectivity index (χ2v) is 12.4. The minimum absolute atomic E-state index is 0.0950. The van der Waals surface area contributed by atoms with Crippen LogP contribution in [0.2, 0.25) is 0 Å². The lowest BCUT2D eigenvalue weighted by molar-refractivity contribution is -0.130. The number of aromatic carboxylic acids is 1. The van der Waals surface area contributed by atoms with E-state index in [9.17, 15) is 23.2 Å². The molecule has 0 spiro atoms. The molecule has 2 aliphatic rings. The highest BCUT2D eigenvalue weighted by molar-refractivity contribution is 8.26. The Morgan fingerprint density at radius 2 is 1.83 bits per heavy atom. The topological polar surface area (TPSA) is 98.7 Å². The monoisotopic (exact) mass is 613 g/mol. The first kappa shape index (κ1) is 29.1. The van der Waals surface area contributed by atoms with Crippen LogP contribution in [0.3, 0.4) is 0 Å². The molecule has 0 bridgehead atoms. The Morgan fingerprint density at radius 3 is 2.51 bits per heavy atom. The zero-order chi connectivity index (χ0) is 29.1. The molecule has 12 heteroatoms. The Balaban J connectivity index is 1.37. The van der Waals surface area contributed by atoms with Crippen molar-refractivity contribution in [1.29, 1.82) is 0 Å². The van der Waals surface area contributed by atoms with Crippen molar-refractivity contribution < 1.29 is 28.3 Å². The van der Waals surface area contributed by atoms with Crippen LogP contribution in [0, 0.1) is 17.6 Å². The van der Waals surface area contributed by atoms with Crippen LogP contribution in [0.1, 0.15) is 34.5 Å². The van der Waals surface area contributed by atoms with E-state index in [0.717, 1.165) is 54.7 Å². The van der Waals surface area contributed by atoms with Crippen LogP contribution in [0.15, 0.2) is 58.8 Å². The number of benzene rings is 2. The fourth-order valence-corrected chi connectivity index (χ4v) is 7.09. The molecule has 1 aromatic heterocycles. The van der Waals surface area contributed by atoms with Gasteiger partial charge >= 0.3 is 5.97 Å². The quantitative estimate of drug-likeness (QED) is 0.212. The second kappa shape index (κ2) is 12.6. The van der Waals surface area contributed by atoms with Crippen LogP contribution >= 0.6 is 35.3 Å². The number of hydrogen-bond acceptors (Lipinski definition) is 7. The third-order valence-corrected chi connectivity index (χ3v) is 9.21. The van der Waals surface area contributed by atoms with Crippen molar-refractivity contribution in [2.75, 3.05) is 18.4 Å². The molecule has 0 radical (unpaired) electrons. The third-order valence-electron chi connectivity index (χ3n) is 7.00. The number of carboxylic acid groups (broad SMARTS) is 1. The van der Waals surface area contributed by atoms with Crippen molar-refractivity contribution in [3.8, 4) is 11.1 Å². The van der Waals surface area contributed by atoms with E-state index in [1.807, 2.05) is 0 Å². The summed E-state index contributed by atoms with van der Waals surface area (Å²) in [6.07, 6.45) is 3.85. The molecule has 2 saturated heterocycles. The van der Waals surface area contributed by atoms with Crippen LogP contribution < -0.4 is 10.6 Å². The summed E-state index contributed by atoms with van der Waals surface area (Å²) in [5.41, 5.74) is 1.72. The third kappa shape index (κ3) is 6.72. The van der Waals surface area contributed by atoms with Gasteiger partial charge in [0.1, 0.15) is 10.4 Å². The van der Waals surface area contributed by atoms with Gasteiger partial charge in [0.25, 0.3) is 5.91 Å². The summed E-state index contributed by atoms with van der Waals surface area (Å²) in [5.74, 6) is -3.50. The zero-order valence-electron chi connectivity index (χ0n) is 21.6. The lowest BCUT2D eigenvalue weighted by Gasteiger charge is -2.31. The Hall–Kier alpha value is -3.45. The first-order valence-electron chi connectivity index (χ1n) is 12.9. The minimum atomic E-state index is -1.07. The summed E-state index contributed by atoms with van der Waals surface area (Å²) in [4.78, 5) is 40.9. The molecule has 3 aromatic rings. The molecule has 0 saturated carbocycles. The van der Waals surface area contributed by atoms with Crippen LogP contribution in [-0.4, -0.2) is 51.2 Å². The number of thiocarbonyl (C=S) groups is 1. The van der Waals surface area contributed by atoms with Gasteiger partial charge in [-0.2, -0.15) is 0 Å². The summed E-state index contributed by atoms with van der Waals surface area (Å²) in [6, 6.07) is 10.4. The number of carboxylic acids is 1. The number of anilines is 1. The van der Waals surface area contributed by atoms with Gasteiger partial charge < -0.3 is 15.7 Å². The molecule has 3 heterocycles. The molecule has 3 N–H and O–H groups in total. The zero-order valence-corrected chi connectivity index (χ0v) is 24.0. The summed E-state index contributed by atoms with van der Waals surface area (Å²) in [6.45, 7) is 1.65. The van der Waals surface area contributed by atoms with Gasteiger partial charge in [-0.1, -0.05) is 30.0 Å². The molecule has 212 valence electrons. The number of thioether (sulfide) groups is 1. The predicted octanol–water partition coefficient (Wildman–Crippen LogP) is 5.99. The molecule has 0 aliphatic carbocycles. The maximum Gasteiger partial charge on any atom is 0.335 e. The highest BCUT2D eigenvalue weighted by Crippen LogP contribution is 2.38.